The first-order valence-corrected chi connectivity index (χ1v) is 7.29. The van der Waals surface area contributed by atoms with Crippen LogP contribution in [-0.4, -0.2) is 37.3 Å². The van der Waals surface area contributed by atoms with Crippen LogP contribution < -0.4 is 5.73 Å². The summed E-state index contributed by atoms with van der Waals surface area (Å²) in [5, 5.41) is 0. The van der Waals surface area contributed by atoms with Crippen molar-refractivity contribution < 1.29 is 13.2 Å². The van der Waals surface area contributed by atoms with Gasteiger partial charge in [-0.1, -0.05) is 26.7 Å². The number of nitrogens with two attached hydrogens (primary N) is 1. The van der Waals surface area contributed by atoms with Gasteiger partial charge in [-0.2, -0.15) is 13.2 Å². The molecule has 0 radical (unpaired) electrons. The van der Waals surface area contributed by atoms with Crippen molar-refractivity contribution in [2.45, 2.75) is 52.1 Å². The minimum Gasteiger partial charge on any atom is -0.330 e. The first-order chi connectivity index (χ1) is 8.80. The highest BCUT2D eigenvalue weighted by atomic mass is 19.4. The van der Waals surface area contributed by atoms with Gasteiger partial charge in [-0.25, -0.2) is 0 Å². The SMILES string of the molecule is CCCN(CC(F)(F)F)CC1(CN)CCC(C)CC1. The Morgan fingerprint density at radius 2 is 1.84 bits per heavy atom. The number of hydrogen-bond donors (Lipinski definition) is 1. The van der Waals surface area contributed by atoms with Crippen LogP contribution in [0.2, 0.25) is 0 Å². The van der Waals surface area contributed by atoms with E-state index in [-0.39, 0.29) is 5.41 Å². The lowest BCUT2D eigenvalue weighted by atomic mass is 9.70. The number of hydrogen-bond acceptors (Lipinski definition) is 2. The van der Waals surface area contributed by atoms with E-state index in [1.165, 1.54) is 0 Å². The molecule has 5 heteroatoms. The molecule has 1 aliphatic rings. The van der Waals surface area contributed by atoms with Gasteiger partial charge in [0.15, 0.2) is 0 Å². The number of rotatable bonds is 6. The Balaban J connectivity index is 2.64. The van der Waals surface area contributed by atoms with Crippen LogP contribution in [0.25, 0.3) is 0 Å². The minimum atomic E-state index is -4.12. The van der Waals surface area contributed by atoms with Crippen LogP contribution in [-0.2, 0) is 0 Å². The van der Waals surface area contributed by atoms with Gasteiger partial charge in [0.1, 0.15) is 0 Å². The van der Waals surface area contributed by atoms with Gasteiger partial charge in [0.05, 0.1) is 6.54 Å². The van der Waals surface area contributed by atoms with Gasteiger partial charge < -0.3 is 5.73 Å². The molecule has 19 heavy (non-hydrogen) atoms. The average Bonchev–Trinajstić information content (AvgIpc) is 2.31. The number of halogens is 3. The molecule has 1 fully saturated rings. The molecule has 114 valence electrons. The van der Waals surface area contributed by atoms with E-state index in [2.05, 4.69) is 6.92 Å². The van der Waals surface area contributed by atoms with Crippen LogP contribution >= 0.6 is 0 Å². The van der Waals surface area contributed by atoms with Crippen molar-refractivity contribution in [1.29, 1.82) is 0 Å². The van der Waals surface area contributed by atoms with E-state index in [9.17, 15) is 13.2 Å². The molecular formula is C14H27F3N2. The van der Waals surface area contributed by atoms with Crippen LogP contribution in [0.3, 0.4) is 0 Å². The highest BCUT2D eigenvalue weighted by Crippen LogP contribution is 2.39. The van der Waals surface area contributed by atoms with Crippen molar-refractivity contribution in [1.82, 2.24) is 4.90 Å². The zero-order valence-electron chi connectivity index (χ0n) is 12.1. The minimum absolute atomic E-state index is 0.104. The van der Waals surface area contributed by atoms with Gasteiger partial charge in [0.2, 0.25) is 0 Å². The molecule has 0 unspecified atom stereocenters. The molecule has 0 bridgehead atoms. The molecule has 1 rings (SSSR count). The average molecular weight is 280 g/mol. The van der Waals surface area contributed by atoms with Gasteiger partial charge in [-0.15, -0.1) is 0 Å². The van der Waals surface area contributed by atoms with E-state index in [0.717, 1.165) is 32.1 Å². The third-order valence-electron chi connectivity index (χ3n) is 4.27. The first kappa shape index (κ1) is 16.8. The highest BCUT2D eigenvalue weighted by Gasteiger charge is 2.37. The molecule has 0 aromatic rings. The fourth-order valence-corrected chi connectivity index (χ4v) is 3.06. The van der Waals surface area contributed by atoms with Crippen LogP contribution in [0, 0.1) is 11.3 Å². The lowest BCUT2D eigenvalue weighted by molar-refractivity contribution is -0.150. The first-order valence-electron chi connectivity index (χ1n) is 7.29. The van der Waals surface area contributed by atoms with Crippen LogP contribution in [0.4, 0.5) is 13.2 Å². The molecule has 2 N–H and O–H groups in total. The molecular weight excluding hydrogens is 253 g/mol. The van der Waals surface area contributed by atoms with Crippen LogP contribution in [0.1, 0.15) is 46.0 Å². The van der Waals surface area contributed by atoms with Gasteiger partial charge in [-0.05, 0) is 43.7 Å². The third-order valence-corrected chi connectivity index (χ3v) is 4.27. The lowest BCUT2D eigenvalue weighted by Crippen LogP contribution is -2.47. The van der Waals surface area contributed by atoms with Gasteiger partial charge in [0.25, 0.3) is 0 Å². The summed E-state index contributed by atoms with van der Waals surface area (Å²) in [4.78, 5) is 1.54. The largest absolute Gasteiger partial charge is 0.401 e. The van der Waals surface area contributed by atoms with Gasteiger partial charge in [0, 0.05) is 6.54 Å². The summed E-state index contributed by atoms with van der Waals surface area (Å²) in [5.74, 6) is 0.682. The zero-order chi connectivity index (χ0) is 14.5. The maximum Gasteiger partial charge on any atom is 0.401 e. The van der Waals surface area contributed by atoms with E-state index in [4.69, 9.17) is 5.73 Å². The summed E-state index contributed by atoms with van der Waals surface area (Å²) >= 11 is 0. The van der Waals surface area contributed by atoms with Crippen LogP contribution in [0.15, 0.2) is 0 Å². The quantitative estimate of drug-likeness (QED) is 0.808. The van der Waals surface area contributed by atoms with E-state index in [1.807, 2.05) is 6.92 Å². The highest BCUT2D eigenvalue weighted by molar-refractivity contribution is 4.88. The van der Waals surface area contributed by atoms with E-state index >= 15 is 0 Å². The molecule has 0 aromatic heterocycles. The predicted octanol–water partition coefficient (Wildman–Crippen LogP) is 3.42. The molecule has 0 heterocycles. The van der Waals surface area contributed by atoms with E-state index in [1.54, 1.807) is 4.90 Å². The summed E-state index contributed by atoms with van der Waals surface area (Å²) in [6, 6.07) is 0. The van der Waals surface area contributed by atoms with Gasteiger partial charge in [-0.3, -0.25) is 4.90 Å². The maximum absolute atomic E-state index is 12.6. The van der Waals surface area contributed by atoms with E-state index < -0.39 is 12.7 Å². The molecule has 0 aliphatic heterocycles. The molecule has 0 aromatic carbocycles. The van der Waals surface area contributed by atoms with Crippen LogP contribution in [0.5, 0.6) is 0 Å². The second-order valence-electron chi connectivity index (χ2n) is 6.21. The summed E-state index contributed by atoms with van der Waals surface area (Å²) in [6.07, 6.45) is 0.720. The van der Waals surface area contributed by atoms with Crippen molar-refractivity contribution in [3.8, 4) is 0 Å². The second-order valence-corrected chi connectivity index (χ2v) is 6.21. The van der Waals surface area contributed by atoms with E-state index in [0.29, 0.717) is 25.6 Å². The van der Waals surface area contributed by atoms with Crippen molar-refractivity contribution in [2.75, 3.05) is 26.2 Å². The van der Waals surface area contributed by atoms with Crippen molar-refractivity contribution >= 4 is 0 Å². The lowest BCUT2D eigenvalue weighted by Gasteiger charge is -2.42. The Labute approximate surface area is 114 Å². The summed E-state index contributed by atoms with van der Waals surface area (Å²) < 4.78 is 37.8. The Morgan fingerprint density at radius 1 is 1.26 bits per heavy atom. The fourth-order valence-electron chi connectivity index (χ4n) is 3.06. The molecule has 0 amide bonds. The smallest absolute Gasteiger partial charge is 0.330 e. The molecule has 1 saturated carbocycles. The fraction of sp³-hybridized carbons (Fsp3) is 1.00. The maximum atomic E-state index is 12.6. The zero-order valence-corrected chi connectivity index (χ0v) is 12.1. The topological polar surface area (TPSA) is 29.3 Å². The van der Waals surface area contributed by atoms with Crippen molar-refractivity contribution in [3.63, 3.8) is 0 Å². The molecule has 0 spiro atoms. The molecule has 1 aliphatic carbocycles. The summed E-state index contributed by atoms with van der Waals surface area (Å²) in [7, 11) is 0. The van der Waals surface area contributed by atoms with Gasteiger partial charge >= 0.3 is 6.18 Å². The normalized spacial score (nSPS) is 28.9. The Morgan fingerprint density at radius 3 is 2.26 bits per heavy atom. The number of alkyl halides is 3. The van der Waals surface area contributed by atoms with Crippen molar-refractivity contribution in [2.24, 2.45) is 17.1 Å². The Bertz CT molecular complexity index is 258. The predicted molar refractivity (Wildman–Crippen MR) is 71.9 cm³/mol. The monoisotopic (exact) mass is 280 g/mol. The number of nitrogens with zero attached hydrogens (tertiary/aromatic N) is 1. The third kappa shape index (κ3) is 5.69. The Kier molecular flexibility index (Phi) is 6.12. The summed E-state index contributed by atoms with van der Waals surface area (Å²) in [6.45, 7) is 4.80. The molecule has 0 saturated heterocycles. The molecule has 2 nitrogen and oxygen atoms in total. The summed E-state index contributed by atoms with van der Waals surface area (Å²) in [5.41, 5.74) is 5.78. The second kappa shape index (κ2) is 6.93. The standard InChI is InChI=1S/C14H27F3N2/c1-3-8-19(11-14(15,16)17)10-13(9-18)6-4-12(2)5-7-13/h12H,3-11,18H2,1-2H3. The van der Waals surface area contributed by atoms with Crippen molar-refractivity contribution in [3.05, 3.63) is 0 Å². The molecule has 0 atom stereocenters. The Hall–Kier alpha value is -0.290.